The summed E-state index contributed by atoms with van der Waals surface area (Å²) in [6, 6.07) is 4.06. The molecule has 3 aliphatic rings. The van der Waals surface area contributed by atoms with Gasteiger partial charge in [0.2, 0.25) is 0 Å². The SMILES string of the molecule is O=C(c1cccnc1)N1C[C@@H]2CC[C@H](C1)N(CCOCCO)C2. The van der Waals surface area contributed by atoms with Gasteiger partial charge < -0.3 is 14.7 Å². The molecule has 6 heteroatoms. The van der Waals surface area contributed by atoms with Crippen LogP contribution in [0, 0.1) is 5.92 Å². The van der Waals surface area contributed by atoms with Crippen LogP contribution in [0.4, 0.5) is 0 Å². The molecular formula is C17H25N3O3. The van der Waals surface area contributed by atoms with Crippen molar-refractivity contribution in [1.29, 1.82) is 0 Å². The number of piperidine rings is 1. The number of amides is 1. The van der Waals surface area contributed by atoms with Crippen LogP contribution in [-0.4, -0.2) is 77.8 Å². The minimum atomic E-state index is 0.0689. The van der Waals surface area contributed by atoms with Crippen molar-refractivity contribution in [1.82, 2.24) is 14.8 Å². The van der Waals surface area contributed by atoms with E-state index in [2.05, 4.69) is 9.88 Å². The van der Waals surface area contributed by atoms with Crippen LogP contribution in [0.5, 0.6) is 0 Å². The molecule has 4 heterocycles. The number of aromatic nitrogens is 1. The zero-order chi connectivity index (χ0) is 16.1. The summed E-state index contributed by atoms with van der Waals surface area (Å²) in [6.45, 7) is 4.62. The Morgan fingerprint density at radius 2 is 2.22 bits per heavy atom. The molecule has 0 aliphatic carbocycles. The van der Waals surface area contributed by atoms with E-state index in [0.717, 1.165) is 32.6 Å². The van der Waals surface area contributed by atoms with Crippen LogP contribution in [0.15, 0.2) is 24.5 Å². The number of pyridine rings is 1. The van der Waals surface area contributed by atoms with E-state index in [1.165, 1.54) is 6.42 Å². The Balaban J connectivity index is 1.61. The molecule has 6 nitrogen and oxygen atoms in total. The molecule has 0 unspecified atom stereocenters. The Morgan fingerprint density at radius 1 is 1.30 bits per heavy atom. The van der Waals surface area contributed by atoms with E-state index >= 15 is 0 Å². The lowest BCUT2D eigenvalue weighted by molar-refractivity contribution is 0.0487. The minimum absolute atomic E-state index is 0.0689. The first-order chi connectivity index (χ1) is 11.3. The molecule has 2 atom stereocenters. The third-order valence-electron chi connectivity index (χ3n) is 4.78. The van der Waals surface area contributed by atoms with Gasteiger partial charge in [0.15, 0.2) is 0 Å². The molecule has 3 fully saturated rings. The van der Waals surface area contributed by atoms with E-state index < -0.39 is 0 Å². The van der Waals surface area contributed by atoms with Gasteiger partial charge in [0.05, 0.1) is 25.4 Å². The molecule has 1 N–H and O–H groups in total. The summed E-state index contributed by atoms with van der Waals surface area (Å²) < 4.78 is 5.40. The van der Waals surface area contributed by atoms with Gasteiger partial charge in [-0.05, 0) is 30.9 Å². The summed E-state index contributed by atoms with van der Waals surface area (Å²) in [7, 11) is 0. The number of ether oxygens (including phenoxy) is 1. The molecular weight excluding hydrogens is 294 g/mol. The highest BCUT2D eigenvalue weighted by Gasteiger charge is 2.36. The average Bonchev–Trinajstić information content (AvgIpc) is 2.90. The molecule has 2 bridgehead atoms. The highest BCUT2D eigenvalue weighted by molar-refractivity contribution is 5.93. The van der Waals surface area contributed by atoms with Crippen molar-refractivity contribution in [3.63, 3.8) is 0 Å². The second-order valence-corrected chi connectivity index (χ2v) is 6.38. The maximum Gasteiger partial charge on any atom is 0.255 e. The van der Waals surface area contributed by atoms with Crippen molar-refractivity contribution in [2.75, 3.05) is 46.0 Å². The predicted molar refractivity (Wildman–Crippen MR) is 86.1 cm³/mol. The van der Waals surface area contributed by atoms with Gasteiger partial charge in [-0.25, -0.2) is 0 Å². The van der Waals surface area contributed by atoms with Gasteiger partial charge >= 0.3 is 0 Å². The maximum absolute atomic E-state index is 12.7. The van der Waals surface area contributed by atoms with Crippen molar-refractivity contribution in [3.8, 4) is 0 Å². The molecule has 0 radical (unpaired) electrons. The van der Waals surface area contributed by atoms with E-state index in [1.807, 2.05) is 17.0 Å². The topological polar surface area (TPSA) is 65.9 Å². The van der Waals surface area contributed by atoms with Crippen molar-refractivity contribution >= 4 is 5.91 Å². The summed E-state index contributed by atoms with van der Waals surface area (Å²) in [4.78, 5) is 21.2. The van der Waals surface area contributed by atoms with Gasteiger partial charge in [0.25, 0.3) is 5.91 Å². The Bertz CT molecular complexity index is 511. The molecule has 1 amide bonds. The van der Waals surface area contributed by atoms with E-state index in [1.54, 1.807) is 12.4 Å². The number of hydrogen-bond donors (Lipinski definition) is 1. The smallest absolute Gasteiger partial charge is 0.255 e. The predicted octanol–water partition coefficient (Wildman–Crippen LogP) is 0.627. The third kappa shape index (κ3) is 4.07. The summed E-state index contributed by atoms with van der Waals surface area (Å²) in [5, 5.41) is 8.77. The van der Waals surface area contributed by atoms with Crippen LogP contribution in [-0.2, 0) is 4.74 Å². The number of aliphatic hydroxyl groups excluding tert-OH is 1. The Morgan fingerprint density at radius 3 is 3.00 bits per heavy atom. The van der Waals surface area contributed by atoms with Crippen molar-refractivity contribution in [2.24, 2.45) is 5.92 Å². The molecule has 0 saturated carbocycles. The zero-order valence-corrected chi connectivity index (χ0v) is 13.4. The monoisotopic (exact) mass is 319 g/mol. The fraction of sp³-hybridized carbons (Fsp3) is 0.647. The van der Waals surface area contributed by atoms with Crippen molar-refractivity contribution in [3.05, 3.63) is 30.1 Å². The normalized spacial score (nSPS) is 24.7. The maximum atomic E-state index is 12.7. The fourth-order valence-corrected chi connectivity index (χ4v) is 3.64. The Labute approximate surface area is 137 Å². The Kier molecular flexibility index (Phi) is 5.59. The van der Waals surface area contributed by atoms with Crippen molar-refractivity contribution < 1.29 is 14.6 Å². The van der Waals surface area contributed by atoms with E-state index in [4.69, 9.17) is 9.84 Å². The van der Waals surface area contributed by atoms with Gasteiger partial charge in [-0.2, -0.15) is 0 Å². The largest absolute Gasteiger partial charge is 0.394 e. The highest BCUT2D eigenvalue weighted by Crippen LogP contribution is 2.28. The zero-order valence-electron chi connectivity index (χ0n) is 13.4. The number of nitrogens with zero attached hydrogens (tertiary/aromatic N) is 3. The number of fused-ring (bicyclic) bond motifs is 4. The number of hydrogen-bond acceptors (Lipinski definition) is 5. The first-order valence-electron chi connectivity index (χ1n) is 8.40. The van der Waals surface area contributed by atoms with Crippen LogP contribution in [0.3, 0.4) is 0 Å². The van der Waals surface area contributed by atoms with E-state index in [9.17, 15) is 4.79 Å². The van der Waals surface area contributed by atoms with Crippen LogP contribution in [0.25, 0.3) is 0 Å². The molecule has 3 aliphatic heterocycles. The second-order valence-electron chi connectivity index (χ2n) is 6.38. The molecule has 0 aromatic carbocycles. The molecule has 4 rings (SSSR count). The number of carbonyl (C=O) groups excluding carboxylic acids is 1. The summed E-state index contributed by atoms with van der Waals surface area (Å²) in [6.07, 6.45) is 5.67. The number of aliphatic hydroxyl groups is 1. The molecule has 23 heavy (non-hydrogen) atoms. The standard InChI is InChI=1S/C17H25N3O3/c21-7-9-23-8-6-19-11-14-3-4-16(19)13-20(12-14)17(22)15-2-1-5-18-10-15/h1-2,5,10,14,16,21H,3-4,6-9,11-13H2/t14-,16-/m1/s1. The van der Waals surface area contributed by atoms with Gasteiger partial charge in [-0.1, -0.05) is 0 Å². The summed E-state index contributed by atoms with van der Waals surface area (Å²) >= 11 is 0. The molecule has 0 spiro atoms. The number of carbonyl (C=O) groups is 1. The summed E-state index contributed by atoms with van der Waals surface area (Å²) in [5.74, 6) is 0.626. The number of rotatable bonds is 6. The average molecular weight is 319 g/mol. The quantitative estimate of drug-likeness (QED) is 0.779. The van der Waals surface area contributed by atoms with Gasteiger partial charge in [0, 0.05) is 44.6 Å². The van der Waals surface area contributed by atoms with Gasteiger partial charge in [0.1, 0.15) is 0 Å². The lowest BCUT2D eigenvalue weighted by Gasteiger charge is -2.35. The first kappa shape index (κ1) is 16.4. The van der Waals surface area contributed by atoms with Gasteiger partial charge in [-0.3, -0.25) is 14.7 Å². The fourth-order valence-electron chi connectivity index (χ4n) is 3.64. The van der Waals surface area contributed by atoms with E-state index in [-0.39, 0.29) is 12.5 Å². The first-order valence-corrected chi connectivity index (χ1v) is 8.40. The molecule has 126 valence electrons. The lowest BCUT2D eigenvalue weighted by atomic mass is 9.95. The lowest BCUT2D eigenvalue weighted by Crippen LogP contribution is -2.45. The molecule has 1 aromatic rings. The Hall–Kier alpha value is -1.50. The van der Waals surface area contributed by atoms with Gasteiger partial charge in [-0.15, -0.1) is 0 Å². The summed E-state index contributed by atoms with van der Waals surface area (Å²) in [5.41, 5.74) is 0.673. The second kappa shape index (κ2) is 7.86. The highest BCUT2D eigenvalue weighted by atomic mass is 16.5. The van der Waals surface area contributed by atoms with Crippen LogP contribution < -0.4 is 0 Å². The van der Waals surface area contributed by atoms with Crippen LogP contribution in [0.1, 0.15) is 23.2 Å². The van der Waals surface area contributed by atoms with Crippen LogP contribution >= 0.6 is 0 Å². The minimum Gasteiger partial charge on any atom is -0.394 e. The van der Waals surface area contributed by atoms with Crippen molar-refractivity contribution in [2.45, 2.75) is 18.9 Å². The molecule has 3 saturated heterocycles. The van der Waals surface area contributed by atoms with Crippen LogP contribution in [0.2, 0.25) is 0 Å². The van der Waals surface area contributed by atoms with E-state index in [0.29, 0.717) is 30.7 Å². The molecule has 1 aromatic heterocycles. The third-order valence-corrected chi connectivity index (χ3v) is 4.78.